The van der Waals surface area contributed by atoms with Crippen molar-refractivity contribution < 1.29 is 8.91 Å². The molecule has 1 fully saturated rings. The van der Waals surface area contributed by atoms with Crippen molar-refractivity contribution in [3.8, 4) is 0 Å². The standard InChI is InChI=1S/C20H16FN7O2/c1-27-8-23-19-17(27)20(29)28(9-24-19)7-15-25-18(26-30-15)16-12-4-10(5-13(12)16)14-3-2-11(21)6-22-14/h2-4,6,8-9,12-13,16H,5,7H2,1H3. The zero-order chi connectivity index (χ0) is 20.4. The number of allylic oxidation sites excluding steroid dienone is 2. The van der Waals surface area contributed by atoms with Gasteiger partial charge >= 0.3 is 0 Å². The van der Waals surface area contributed by atoms with E-state index in [2.05, 4.69) is 31.2 Å². The minimum absolute atomic E-state index is 0.155. The van der Waals surface area contributed by atoms with E-state index in [0.717, 1.165) is 17.7 Å². The summed E-state index contributed by atoms with van der Waals surface area (Å²) in [7, 11) is 1.75. The quantitative estimate of drug-likeness (QED) is 0.511. The first-order chi connectivity index (χ1) is 14.6. The third kappa shape index (κ3) is 2.60. The average molecular weight is 405 g/mol. The molecule has 3 atom stereocenters. The van der Waals surface area contributed by atoms with Crippen molar-refractivity contribution in [1.29, 1.82) is 0 Å². The Morgan fingerprint density at radius 2 is 2.10 bits per heavy atom. The number of imidazole rings is 1. The highest BCUT2D eigenvalue weighted by molar-refractivity contribution is 5.69. The summed E-state index contributed by atoms with van der Waals surface area (Å²) < 4.78 is 21.5. The molecule has 0 aromatic carbocycles. The Bertz CT molecular complexity index is 1370. The van der Waals surface area contributed by atoms with Crippen LogP contribution < -0.4 is 5.56 Å². The summed E-state index contributed by atoms with van der Waals surface area (Å²) in [6, 6.07) is 3.13. The Labute approximate surface area is 168 Å². The van der Waals surface area contributed by atoms with Crippen molar-refractivity contribution in [2.24, 2.45) is 18.9 Å². The third-order valence-corrected chi connectivity index (χ3v) is 5.92. The zero-order valence-corrected chi connectivity index (χ0v) is 15.9. The Balaban J connectivity index is 1.20. The number of hydrogen-bond donors (Lipinski definition) is 0. The van der Waals surface area contributed by atoms with E-state index >= 15 is 0 Å². The van der Waals surface area contributed by atoms with E-state index in [1.54, 1.807) is 24.0 Å². The molecule has 9 nitrogen and oxygen atoms in total. The lowest BCUT2D eigenvalue weighted by molar-refractivity contribution is 0.364. The van der Waals surface area contributed by atoms with Gasteiger partial charge in [-0.15, -0.1) is 0 Å². The van der Waals surface area contributed by atoms with Crippen LogP contribution in [0.1, 0.15) is 29.7 Å². The maximum absolute atomic E-state index is 13.1. The largest absolute Gasteiger partial charge is 0.337 e. The van der Waals surface area contributed by atoms with Gasteiger partial charge in [0.2, 0.25) is 5.89 Å². The predicted molar refractivity (Wildman–Crippen MR) is 103 cm³/mol. The van der Waals surface area contributed by atoms with Crippen LogP contribution in [0.3, 0.4) is 0 Å². The van der Waals surface area contributed by atoms with Gasteiger partial charge in [0.05, 0.1) is 18.2 Å². The van der Waals surface area contributed by atoms with E-state index in [9.17, 15) is 9.18 Å². The SMILES string of the molecule is Cn1cnc2ncn(Cc3nc(C4C5C=C(c6ccc(F)cn6)CC54)no3)c(=O)c21. The molecule has 0 spiro atoms. The van der Waals surface area contributed by atoms with Crippen molar-refractivity contribution in [1.82, 2.24) is 34.2 Å². The van der Waals surface area contributed by atoms with Crippen LogP contribution >= 0.6 is 0 Å². The Hall–Kier alpha value is -3.69. The normalized spacial score (nSPS) is 22.3. The molecule has 0 N–H and O–H groups in total. The van der Waals surface area contributed by atoms with Crippen molar-refractivity contribution in [2.75, 3.05) is 0 Å². The summed E-state index contributed by atoms with van der Waals surface area (Å²) in [5.74, 6) is 1.65. The maximum atomic E-state index is 13.1. The van der Waals surface area contributed by atoms with Gasteiger partial charge in [-0.1, -0.05) is 11.2 Å². The fraction of sp³-hybridized carbons (Fsp3) is 0.300. The van der Waals surface area contributed by atoms with Crippen molar-refractivity contribution in [3.05, 3.63) is 70.6 Å². The van der Waals surface area contributed by atoms with Gasteiger partial charge in [0, 0.05) is 13.0 Å². The van der Waals surface area contributed by atoms with Crippen LogP contribution in [0.5, 0.6) is 0 Å². The first-order valence-electron chi connectivity index (χ1n) is 9.60. The molecule has 6 rings (SSSR count). The van der Waals surface area contributed by atoms with Gasteiger partial charge in [-0.05, 0) is 36.0 Å². The average Bonchev–Trinajstić information content (AvgIpc) is 3.16. The van der Waals surface area contributed by atoms with E-state index < -0.39 is 0 Å². The van der Waals surface area contributed by atoms with Gasteiger partial charge in [0.25, 0.3) is 5.56 Å². The van der Waals surface area contributed by atoms with Gasteiger partial charge in [-0.3, -0.25) is 14.3 Å². The number of nitrogens with zero attached hydrogens (tertiary/aromatic N) is 7. The van der Waals surface area contributed by atoms with Crippen LogP contribution in [0.15, 0.2) is 46.4 Å². The van der Waals surface area contributed by atoms with Gasteiger partial charge in [-0.25, -0.2) is 14.4 Å². The summed E-state index contributed by atoms with van der Waals surface area (Å²) in [4.78, 5) is 29.6. The first-order valence-corrected chi connectivity index (χ1v) is 9.60. The highest BCUT2D eigenvalue weighted by atomic mass is 19.1. The predicted octanol–water partition coefficient (Wildman–Crippen LogP) is 1.91. The first kappa shape index (κ1) is 17.2. The Morgan fingerprint density at radius 3 is 2.87 bits per heavy atom. The number of pyridine rings is 1. The molecule has 0 saturated heterocycles. The fourth-order valence-electron chi connectivity index (χ4n) is 4.36. The highest BCUT2D eigenvalue weighted by Gasteiger charge is 2.55. The van der Waals surface area contributed by atoms with E-state index in [1.807, 2.05) is 0 Å². The monoisotopic (exact) mass is 405 g/mol. The lowest BCUT2D eigenvalue weighted by Gasteiger charge is -2.04. The maximum Gasteiger partial charge on any atom is 0.280 e. The number of halogens is 1. The molecule has 0 amide bonds. The summed E-state index contributed by atoms with van der Waals surface area (Å²) in [5.41, 5.74) is 2.58. The van der Waals surface area contributed by atoms with Gasteiger partial charge in [-0.2, -0.15) is 4.98 Å². The molecule has 3 unspecified atom stereocenters. The smallest absolute Gasteiger partial charge is 0.280 e. The summed E-state index contributed by atoms with van der Waals surface area (Å²) in [6.45, 7) is 0.155. The number of fused-ring (bicyclic) bond motifs is 2. The van der Waals surface area contributed by atoms with Crippen LogP contribution in [0.25, 0.3) is 16.7 Å². The minimum atomic E-state index is -0.337. The number of aryl methyl sites for hydroxylation is 1. The third-order valence-electron chi connectivity index (χ3n) is 5.92. The molecule has 0 aliphatic heterocycles. The van der Waals surface area contributed by atoms with E-state index in [-0.39, 0.29) is 23.8 Å². The molecular formula is C20H16FN7O2. The van der Waals surface area contributed by atoms with Crippen LogP contribution in [0.4, 0.5) is 4.39 Å². The summed E-state index contributed by atoms with van der Waals surface area (Å²) in [5, 5.41) is 4.13. The van der Waals surface area contributed by atoms with Crippen molar-refractivity contribution in [3.63, 3.8) is 0 Å². The molecule has 2 aliphatic rings. The summed E-state index contributed by atoms with van der Waals surface area (Å²) >= 11 is 0. The fourth-order valence-corrected chi connectivity index (χ4v) is 4.36. The second-order valence-electron chi connectivity index (χ2n) is 7.78. The van der Waals surface area contributed by atoms with Crippen LogP contribution in [-0.2, 0) is 13.6 Å². The van der Waals surface area contributed by atoms with E-state index in [4.69, 9.17) is 4.52 Å². The lowest BCUT2D eigenvalue weighted by atomic mass is 10.1. The number of hydrogen-bond acceptors (Lipinski definition) is 7. The van der Waals surface area contributed by atoms with E-state index in [0.29, 0.717) is 34.7 Å². The molecule has 4 aromatic heterocycles. The number of aromatic nitrogens is 7. The topological polar surface area (TPSA) is 105 Å². The summed E-state index contributed by atoms with van der Waals surface area (Å²) in [6.07, 6.45) is 7.28. The number of rotatable bonds is 4. The molecule has 2 aliphatic carbocycles. The molecule has 1 saturated carbocycles. The van der Waals surface area contributed by atoms with Gasteiger partial charge < -0.3 is 9.09 Å². The zero-order valence-electron chi connectivity index (χ0n) is 15.9. The Kier molecular flexibility index (Phi) is 3.53. The van der Waals surface area contributed by atoms with Crippen molar-refractivity contribution >= 4 is 16.7 Å². The van der Waals surface area contributed by atoms with Crippen LogP contribution in [-0.4, -0.2) is 34.2 Å². The highest BCUT2D eigenvalue weighted by Crippen LogP contribution is 2.62. The second-order valence-corrected chi connectivity index (χ2v) is 7.78. The van der Waals surface area contributed by atoms with Crippen molar-refractivity contribution in [2.45, 2.75) is 18.9 Å². The molecule has 0 bridgehead atoms. The molecule has 30 heavy (non-hydrogen) atoms. The molecule has 0 radical (unpaired) electrons. The minimum Gasteiger partial charge on any atom is -0.337 e. The van der Waals surface area contributed by atoms with E-state index in [1.165, 1.54) is 23.2 Å². The van der Waals surface area contributed by atoms with Gasteiger partial charge in [0.1, 0.15) is 18.7 Å². The molecule has 4 heterocycles. The Morgan fingerprint density at radius 1 is 1.23 bits per heavy atom. The van der Waals surface area contributed by atoms with Gasteiger partial charge in [0.15, 0.2) is 17.0 Å². The molecule has 10 heteroatoms. The van der Waals surface area contributed by atoms with Crippen LogP contribution in [0.2, 0.25) is 0 Å². The second kappa shape index (κ2) is 6.15. The van der Waals surface area contributed by atoms with Crippen LogP contribution in [0, 0.1) is 17.7 Å². The molecular weight excluding hydrogens is 389 g/mol. The lowest BCUT2D eigenvalue weighted by Crippen LogP contribution is -2.22. The molecule has 150 valence electrons. The molecule has 4 aromatic rings.